The monoisotopic (exact) mass is 395 g/mol. The molecule has 1 saturated heterocycles. The average Bonchev–Trinajstić information content (AvgIpc) is 2.65. The third-order valence-electron chi connectivity index (χ3n) is 4.60. The number of amides is 3. The number of likely N-dealkylation sites (tertiary alicyclic amines) is 1. The summed E-state index contributed by atoms with van der Waals surface area (Å²) in [5.41, 5.74) is 2.19. The van der Waals surface area contributed by atoms with E-state index in [1.54, 1.807) is 34.6 Å². The number of hydroxylamine groups is 1. The maximum atomic E-state index is 13.3. The van der Waals surface area contributed by atoms with Gasteiger partial charge in [-0.05, 0) is 50.8 Å². The summed E-state index contributed by atoms with van der Waals surface area (Å²) in [7, 11) is 0. The summed E-state index contributed by atoms with van der Waals surface area (Å²) in [6.45, 7) is 4.20. The van der Waals surface area contributed by atoms with Crippen LogP contribution >= 0.6 is 11.6 Å². The molecule has 0 spiro atoms. The van der Waals surface area contributed by atoms with Crippen molar-refractivity contribution in [1.29, 1.82) is 0 Å². The Labute approximate surface area is 164 Å². The van der Waals surface area contributed by atoms with Crippen molar-refractivity contribution in [3.8, 4) is 0 Å². The fourth-order valence-electron chi connectivity index (χ4n) is 3.32. The first-order valence-electron chi connectivity index (χ1n) is 9.12. The Morgan fingerprint density at radius 3 is 2.48 bits per heavy atom. The van der Waals surface area contributed by atoms with Crippen LogP contribution in [0.15, 0.2) is 24.3 Å². The van der Waals surface area contributed by atoms with Crippen molar-refractivity contribution in [2.45, 2.75) is 57.5 Å². The van der Waals surface area contributed by atoms with Crippen LogP contribution in [0.5, 0.6) is 0 Å². The van der Waals surface area contributed by atoms with Gasteiger partial charge in [0.1, 0.15) is 6.04 Å². The van der Waals surface area contributed by atoms with Crippen LogP contribution in [-0.2, 0) is 14.4 Å². The lowest BCUT2D eigenvalue weighted by atomic mass is 9.91. The molecule has 0 aliphatic carbocycles. The molecule has 3 N–H and O–H groups in total. The van der Waals surface area contributed by atoms with Gasteiger partial charge in [0.05, 0.1) is 5.92 Å². The zero-order valence-corrected chi connectivity index (χ0v) is 16.3. The average molecular weight is 396 g/mol. The van der Waals surface area contributed by atoms with E-state index in [0.29, 0.717) is 23.6 Å². The molecule has 27 heavy (non-hydrogen) atoms. The number of nitrogens with zero attached hydrogens (tertiary/aromatic N) is 1. The fraction of sp³-hybridized carbons (Fsp3) is 0.526. The number of hydrogen-bond donors (Lipinski definition) is 3. The SMILES string of the molecule is CC(C)NC(=O)C1CCCCN1C(=O)C(CC(=O)NO)c1ccc(Cl)cc1. The van der Waals surface area contributed by atoms with Crippen LogP contribution in [0.1, 0.15) is 51.0 Å². The molecule has 1 heterocycles. The van der Waals surface area contributed by atoms with Crippen molar-refractivity contribution in [2.24, 2.45) is 0 Å². The maximum Gasteiger partial charge on any atom is 0.244 e. The van der Waals surface area contributed by atoms with Gasteiger partial charge in [0.2, 0.25) is 17.7 Å². The van der Waals surface area contributed by atoms with Crippen molar-refractivity contribution >= 4 is 29.3 Å². The topological polar surface area (TPSA) is 98.7 Å². The minimum atomic E-state index is -0.804. The Bertz CT molecular complexity index is 678. The van der Waals surface area contributed by atoms with Gasteiger partial charge in [-0.3, -0.25) is 19.6 Å². The summed E-state index contributed by atoms with van der Waals surface area (Å²) in [6.07, 6.45) is 2.04. The van der Waals surface area contributed by atoms with E-state index in [4.69, 9.17) is 16.8 Å². The highest BCUT2D eigenvalue weighted by Crippen LogP contribution is 2.28. The van der Waals surface area contributed by atoms with E-state index < -0.39 is 17.9 Å². The minimum Gasteiger partial charge on any atom is -0.352 e. The fourth-order valence-corrected chi connectivity index (χ4v) is 3.45. The first-order chi connectivity index (χ1) is 12.8. The van der Waals surface area contributed by atoms with Crippen molar-refractivity contribution in [1.82, 2.24) is 15.7 Å². The Kier molecular flexibility index (Phi) is 7.62. The van der Waals surface area contributed by atoms with E-state index in [1.807, 2.05) is 13.8 Å². The van der Waals surface area contributed by atoms with Gasteiger partial charge in [-0.2, -0.15) is 0 Å². The highest BCUT2D eigenvalue weighted by molar-refractivity contribution is 6.30. The van der Waals surface area contributed by atoms with Gasteiger partial charge >= 0.3 is 0 Å². The number of piperidine rings is 1. The highest BCUT2D eigenvalue weighted by atomic mass is 35.5. The van der Waals surface area contributed by atoms with E-state index >= 15 is 0 Å². The van der Waals surface area contributed by atoms with Gasteiger partial charge in [0.15, 0.2) is 0 Å². The molecule has 2 unspecified atom stereocenters. The van der Waals surface area contributed by atoms with Crippen LogP contribution in [0.4, 0.5) is 0 Å². The summed E-state index contributed by atoms with van der Waals surface area (Å²) in [6, 6.07) is 6.08. The van der Waals surface area contributed by atoms with Crippen LogP contribution in [0.3, 0.4) is 0 Å². The van der Waals surface area contributed by atoms with E-state index in [2.05, 4.69) is 5.32 Å². The lowest BCUT2D eigenvalue weighted by Gasteiger charge is -2.37. The molecule has 0 saturated carbocycles. The number of carbonyl (C=O) groups excluding carboxylic acids is 3. The third kappa shape index (κ3) is 5.68. The standard InChI is InChI=1S/C19H26ClN3O4/c1-12(2)21-18(25)16-5-3-4-10-23(16)19(26)15(11-17(24)22-27)13-6-8-14(20)9-7-13/h6-9,12,15-16,27H,3-5,10-11H2,1-2H3,(H,21,25)(H,22,24). The molecule has 1 aromatic rings. The molecule has 1 fully saturated rings. The molecule has 7 nitrogen and oxygen atoms in total. The summed E-state index contributed by atoms with van der Waals surface area (Å²) < 4.78 is 0. The normalized spacial score (nSPS) is 18.1. The quantitative estimate of drug-likeness (QED) is 0.508. The second kappa shape index (κ2) is 9.71. The van der Waals surface area contributed by atoms with E-state index in [1.165, 1.54) is 0 Å². The molecule has 1 aromatic carbocycles. The summed E-state index contributed by atoms with van der Waals surface area (Å²) in [4.78, 5) is 39.2. The Morgan fingerprint density at radius 2 is 1.89 bits per heavy atom. The van der Waals surface area contributed by atoms with Crippen LogP contribution < -0.4 is 10.8 Å². The van der Waals surface area contributed by atoms with Gasteiger partial charge < -0.3 is 10.2 Å². The Morgan fingerprint density at radius 1 is 1.22 bits per heavy atom. The Balaban J connectivity index is 2.29. The molecule has 0 radical (unpaired) electrons. The number of halogens is 1. The van der Waals surface area contributed by atoms with Crippen molar-refractivity contribution in [2.75, 3.05) is 6.54 Å². The minimum absolute atomic E-state index is 0.0244. The second-order valence-corrected chi connectivity index (χ2v) is 7.49. The predicted molar refractivity (Wildman–Crippen MR) is 101 cm³/mol. The molecule has 1 aliphatic rings. The first-order valence-corrected chi connectivity index (χ1v) is 9.50. The summed E-state index contributed by atoms with van der Waals surface area (Å²) in [5, 5.41) is 12.3. The summed E-state index contributed by atoms with van der Waals surface area (Å²) in [5.74, 6) is -1.95. The second-order valence-electron chi connectivity index (χ2n) is 7.05. The molecule has 1 aliphatic heterocycles. The zero-order valence-electron chi connectivity index (χ0n) is 15.6. The highest BCUT2D eigenvalue weighted by Gasteiger charge is 2.36. The van der Waals surface area contributed by atoms with Crippen molar-refractivity contribution in [3.05, 3.63) is 34.9 Å². The number of benzene rings is 1. The predicted octanol–water partition coefficient (Wildman–Crippen LogP) is 2.22. The summed E-state index contributed by atoms with van der Waals surface area (Å²) >= 11 is 5.92. The van der Waals surface area contributed by atoms with Crippen LogP contribution in [0.2, 0.25) is 5.02 Å². The number of nitrogens with one attached hydrogen (secondary N) is 2. The number of carbonyl (C=O) groups is 3. The van der Waals surface area contributed by atoms with Crippen LogP contribution in [0, 0.1) is 0 Å². The molecule has 148 valence electrons. The molecular formula is C19H26ClN3O4. The van der Waals surface area contributed by atoms with Gasteiger partial charge in [-0.25, -0.2) is 5.48 Å². The lowest BCUT2D eigenvalue weighted by Crippen LogP contribution is -2.54. The van der Waals surface area contributed by atoms with Gasteiger partial charge in [-0.1, -0.05) is 23.7 Å². The molecule has 2 atom stereocenters. The van der Waals surface area contributed by atoms with Crippen LogP contribution in [0.25, 0.3) is 0 Å². The Hall–Kier alpha value is -2.12. The van der Waals surface area contributed by atoms with E-state index in [9.17, 15) is 14.4 Å². The van der Waals surface area contributed by atoms with Gasteiger partial charge in [0.25, 0.3) is 0 Å². The molecule has 0 aromatic heterocycles. The van der Waals surface area contributed by atoms with E-state index in [-0.39, 0.29) is 24.3 Å². The zero-order chi connectivity index (χ0) is 20.0. The molecule has 8 heteroatoms. The number of rotatable bonds is 6. The maximum absolute atomic E-state index is 13.3. The van der Waals surface area contributed by atoms with Gasteiger partial charge in [-0.15, -0.1) is 0 Å². The largest absolute Gasteiger partial charge is 0.352 e. The van der Waals surface area contributed by atoms with Crippen LogP contribution in [-0.4, -0.2) is 46.5 Å². The smallest absolute Gasteiger partial charge is 0.244 e. The molecule has 3 amide bonds. The van der Waals surface area contributed by atoms with Crippen molar-refractivity contribution in [3.63, 3.8) is 0 Å². The molecular weight excluding hydrogens is 370 g/mol. The number of hydrogen-bond acceptors (Lipinski definition) is 4. The third-order valence-corrected chi connectivity index (χ3v) is 4.86. The van der Waals surface area contributed by atoms with E-state index in [0.717, 1.165) is 12.8 Å². The van der Waals surface area contributed by atoms with Gasteiger partial charge in [0, 0.05) is 24.0 Å². The lowest BCUT2D eigenvalue weighted by molar-refractivity contribution is -0.145. The first kappa shape index (κ1) is 21.2. The molecule has 2 rings (SSSR count). The van der Waals surface area contributed by atoms with Crippen molar-refractivity contribution < 1.29 is 19.6 Å². The molecule has 0 bridgehead atoms.